The number of hydrogen-bond acceptors (Lipinski definition) is 2. The molecule has 0 rings (SSSR count). The van der Waals surface area contributed by atoms with Crippen molar-refractivity contribution in [3.8, 4) is 0 Å². The molecule has 0 saturated heterocycles. The van der Waals surface area contributed by atoms with Gasteiger partial charge >= 0.3 is 5.97 Å². The van der Waals surface area contributed by atoms with Gasteiger partial charge in [-0.3, -0.25) is 4.79 Å². The minimum absolute atomic E-state index is 0.00351. The van der Waals surface area contributed by atoms with Crippen LogP contribution in [0.1, 0.15) is 53.4 Å². The van der Waals surface area contributed by atoms with Crippen molar-refractivity contribution in [2.24, 2.45) is 5.92 Å². The molecule has 0 heterocycles. The molecule has 0 amide bonds. The molecular weight excluding hydrogens is 164 g/mol. The molecule has 0 aliphatic rings. The Kier molecular flexibility index (Phi) is 6.65. The first kappa shape index (κ1) is 12.5. The van der Waals surface area contributed by atoms with Crippen molar-refractivity contribution in [1.29, 1.82) is 0 Å². The van der Waals surface area contributed by atoms with Gasteiger partial charge in [0.2, 0.25) is 0 Å². The number of hydrogen-bond donors (Lipinski definition) is 0. The van der Waals surface area contributed by atoms with E-state index < -0.39 is 0 Å². The van der Waals surface area contributed by atoms with Crippen LogP contribution in [-0.4, -0.2) is 12.1 Å². The van der Waals surface area contributed by atoms with E-state index in [4.69, 9.17) is 4.74 Å². The van der Waals surface area contributed by atoms with E-state index in [1.807, 2.05) is 13.8 Å². The van der Waals surface area contributed by atoms with E-state index in [-0.39, 0.29) is 18.0 Å². The van der Waals surface area contributed by atoms with Crippen LogP contribution in [0.25, 0.3) is 0 Å². The smallest absolute Gasteiger partial charge is 0.308 e. The van der Waals surface area contributed by atoms with E-state index in [0.29, 0.717) is 0 Å². The van der Waals surface area contributed by atoms with Crippen molar-refractivity contribution in [2.45, 2.75) is 59.5 Å². The van der Waals surface area contributed by atoms with Crippen LogP contribution in [0.15, 0.2) is 0 Å². The molecule has 0 aromatic carbocycles. The van der Waals surface area contributed by atoms with Gasteiger partial charge in [0.05, 0.1) is 5.92 Å². The van der Waals surface area contributed by atoms with Crippen molar-refractivity contribution >= 4 is 5.97 Å². The van der Waals surface area contributed by atoms with Gasteiger partial charge < -0.3 is 4.74 Å². The lowest BCUT2D eigenvalue weighted by Crippen LogP contribution is -2.21. The summed E-state index contributed by atoms with van der Waals surface area (Å²) in [6.45, 7) is 7.98. The van der Waals surface area contributed by atoms with E-state index in [0.717, 1.165) is 25.7 Å². The van der Waals surface area contributed by atoms with Gasteiger partial charge in [0.15, 0.2) is 0 Å². The summed E-state index contributed by atoms with van der Waals surface area (Å²) in [6, 6.07) is 0. The highest BCUT2D eigenvalue weighted by molar-refractivity contribution is 5.71. The zero-order valence-corrected chi connectivity index (χ0v) is 9.30. The first-order valence-corrected chi connectivity index (χ1v) is 5.32. The summed E-state index contributed by atoms with van der Waals surface area (Å²) in [6.07, 6.45) is 4.29. The number of rotatable bonds is 6. The fourth-order valence-electron chi connectivity index (χ4n) is 1.21. The maximum Gasteiger partial charge on any atom is 0.308 e. The lowest BCUT2D eigenvalue weighted by atomic mass is 10.1. The fraction of sp³-hybridized carbons (Fsp3) is 0.909. The summed E-state index contributed by atoms with van der Waals surface area (Å²) in [7, 11) is 0. The highest BCUT2D eigenvalue weighted by Gasteiger charge is 2.15. The van der Waals surface area contributed by atoms with Gasteiger partial charge in [0.1, 0.15) is 6.10 Å². The molecule has 0 unspecified atom stereocenters. The van der Waals surface area contributed by atoms with Crippen molar-refractivity contribution in [3.05, 3.63) is 0 Å². The van der Waals surface area contributed by atoms with Gasteiger partial charge in [0.25, 0.3) is 0 Å². The third kappa shape index (κ3) is 5.67. The SMILES string of the molecule is CCCC(CCC)OC(=O)C(C)C. The molecule has 0 atom stereocenters. The van der Waals surface area contributed by atoms with Gasteiger partial charge in [-0.25, -0.2) is 0 Å². The maximum absolute atomic E-state index is 11.3. The first-order chi connectivity index (χ1) is 6.11. The van der Waals surface area contributed by atoms with E-state index in [1.165, 1.54) is 0 Å². The van der Waals surface area contributed by atoms with Crippen LogP contribution in [0.2, 0.25) is 0 Å². The second-order valence-electron chi connectivity index (χ2n) is 3.79. The molecular formula is C11H22O2. The lowest BCUT2D eigenvalue weighted by Gasteiger charge is -2.17. The zero-order valence-electron chi connectivity index (χ0n) is 9.30. The Morgan fingerprint density at radius 2 is 1.62 bits per heavy atom. The Hall–Kier alpha value is -0.530. The predicted molar refractivity (Wildman–Crippen MR) is 54.5 cm³/mol. The molecule has 0 N–H and O–H groups in total. The average molecular weight is 186 g/mol. The van der Waals surface area contributed by atoms with Crippen LogP contribution < -0.4 is 0 Å². The first-order valence-electron chi connectivity index (χ1n) is 5.32. The summed E-state index contributed by atoms with van der Waals surface area (Å²) < 4.78 is 5.35. The highest BCUT2D eigenvalue weighted by Crippen LogP contribution is 2.11. The van der Waals surface area contributed by atoms with Crippen molar-refractivity contribution in [3.63, 3.8) is 0 Å². The average Bonchev–Trinajstić information content (AvgIpc) is 2.05. The Labute approximate surface area is 81.7 Å². The van der Waals surface area contributed by atoms with Crippen LogP contribution in [0.3, 0.4) is 0 Å². The van der Waals surface area contributed by atoms with Gasteiger partial charge in [-0.1, -0.05) is 40.5 Å². The third-order valence-corrected chi connectivity index (χ3v) is 1.98. The summed E-state index contributed by atoms with van der Waals surface area (Å²) in [4.78, 5) is 11.3. The fourth-order valence-corrected chi connectivity index (χ4v) is 1.21. The number of carbonyl (C=O) groups excluding carboxylic acids is 1. The molecule has 0 spiro atoms. The highest BCUT2D eigenvalue weighted by atomic mass is 16.5. The van der Waals surface area contributed by atoms with Gasteiger partial charge in [0, 0.05) is 0 Å². The lowest BCUT2D eigenvalue weighted by molar-refractivity contribution is -0.153. The summed E-state index contributed by atoms with van der Waals surface area (Å²) in [5, 5.41) is 0. The minimum Gasteiger partial charge on any atom is -0.462 e. The van der Waals surface area contributed by atoms with E-state index in [1.54, 1.807) is 0 Å². The standard InChI is InChI=1S/C11H22O2/c1-5-7-10(8-6-2)13-11(12)9(3)4/h9-10H,5-8H2,1-4H3. The third-order valence-electron chi connectivity index (χ3n) is 1.98. The molecule has 0 aromatic heterocycles. The van der Waals surface area contributed by atoms with Crippen LogP contribution in [0.4, 0.5) is 0 Å². The molecule has 78 valence electrons. The molecule has 2 nitrogen and oxygen atoms in total. The molecule has 0 radical (unpaired) electrons. The van der Waals surface area contributed by atoms with Crippen molar-refractivity contribution in [2.75, 3.05) is 0 Å². The molecule has 0 aromatic rings. The Morgan fingerprint density at radius 1 is 1.15 bits per heavy atom. The maximum atomic E-state index is 11.3. The minimum atomic E-state index is -0.0631. The second kappa shape index (κ2) is 6.93. The molecule has 0 saturated carbocycles. The van der Waals surface area contributed by atoms with Crippen LogP contribution in [-0.2, 0) is 9.53 Å². The number of esters is 1. The summed E-state index contributed by atoms with van der Waals surface area (Å²) >= 11 is 0. The number of carbonyl (C=O) groups is 1. The molecule has 13 heavy (non-hydrogen) atoms. The number of ether oxygens (including phenoxy) is 1. The Morgan fingerprint density at radius 3 is 1.92 bits per heavy atom. The van der Waals surface area contributed by atoms with Crippen molar-refractivity contribution < 1.29 is 9.53 Å². The molecule has 0 fully saturated rings. The predicted octanol–water partition coefficient (Wildman–Crippen LogP) is 3.15. The van der Waals surface area contributed by atoms with E-state index >= 15 is 0 Å². The second-order valence-corrected chi connectivity index (χ2v) is 3.79. The van der Waals surface area contributed by atoms with Crippen LogP contribution in [0, 0.1) is 5.92 Å². The summed E-state index contributed by atoms with van der Waals surface area (Å²) in [5.74, 6) is -0.0666. The molecule has 2 heteroatoms. The zero-order chi connectivity index (χ0) is 10.3. The van der Waals surface area contributed by atoms with Crippen LogP contribution >= 0.6 is 0 Å². The van der Waals surface area contributed by atoms with Gasteiger partial charge in [-0.2, -0.15) is 0 Å². The normalized spacial score (nSPS) is 10.9. The van der Waals surface area contributed by atoms with Crippen molar-refractivity contribution in [1.82, 2.24) is 0 Å². The quantitative estimate of drug-likeness (QED) is 0.596. The molecule has 0 bridgehead atoms. The molecule has 0 aliphatic carbocycles. The monoisotopic (exact) mass is 186 g/mol. The summed E-state index contributed by atoms with van der Waals surface area (Å²) in [5.41, 5.74) is 0. The largest absolute Gasteiger partial charge is 0.462 e. The Bertz CT molecular complexity index is 135. The topological polar surface area (TPSA) is 26.3 Å². The van der Waals surface area contributed by atoms with Crippen LogP contribution in [0.5, 0.6) is 0 Å². The van der Waals surface area contributed by atoms with E-state index in [9.17, 15) is 4.79 Å². The molecule has 0 aliphatic heterocycles. The van der Waals surface area contributed by atoms with E-state index in [2.05, 4.69) is 13.8 Å². The Balaban J connectivity index is 3.86. The van der Waals surface area contributed by atoms with Gasteiger partial charge in [-0.15, -0.1) is 0 Å². The van der Waals surface area contributed by atoms with Gasteiger partial charge in [-0.05, 0) is 12.8 Å².